The molecule has 1 fully saturated rings. The second-order valence-corrected chi connectivity index (χ2v) is 8.39. The Bertz CT molecular complexity index is 1150. The Morgan fingerprint density at radius 1 is 1.13 bits per heavy atom. The van der Waals surface area contributed by atoms with Crippen LogP contribution in [0.4, 0.5) is 10.3 Å². The molecule has 4 rings (SSSR count). The first kappa shape index (κ1) is 21.0. The molecular weight excluding hydrogens is 395 g/mol. The molecule has 2 aromatic carbocycles. The SMILES string of the molecule is CC(C)CCNC(=O)c1ccc2c(=O)n(-c3ccc(F)cc3)c(N3CCCC3)nc2c1. The molecule has 0 unspecified atom stereocenters. The Morgan fingerprint density at radius 2 is 1.84 bits per heavy atom. The summed E-state index contributed by atoms with van der Waals surface area (Å²) < 4.78 is 15.0. The predicted octanol–water partition coefficient (Wildman–Crippen LogP) is 3.90. The van der Waals surface area contributed by atoms with Crippen molar-refractivity contribution in [3.05, 3.63) is 64.2 Å². The van der Waals surface area contributed by atoms with Gasteiger partial charge in [0.2, 0.25) is 5.95 Å². The molecule has 1 aliphatic heterocycles. The zero-order valence-corrected chi connectivity index (χ0v) is 17.9. The third-order valence-electron chi connectivity index (χ3n) is 5.59. The van der Waals surface area contributed by atoms with Crippen molar-refractivity contribution in [2.45, 2.75) is 33.1 Å². The minimum Gasteiger partial charge on any atom is -0.352 e. The number of nitrogens with zero attached hydrogens (tertiary/aromatic N) is 3. The zero-order chi connectivity index (χ0) is 22.0. The van der Waals surface area contributed by atoms with Crippen LogP contribution >= 0.6 is 0 Å². The molecule has 3 aromatic rings. The van der Waals surface area contributed by atoms with E-state index in [9.17, 15) is 14.0 Å². The first-order valence-electron chi connectivity index (χ1n) is 10.8. The van der Waals surface area contributed by atoms with Gasteiger partial charge in [-0.2, -0.15) is 0 Å². The summed E-state index contributed by atoms with van der Waals surface area (Å²) in [6.45, 7) is 6.42. The van der Waals surface area contributed by atoms with E-state index in [4.69, 9.17) is 4.98 Å². The molecule has 0 radical (unpaired) electrons. The molecule has 0 saturated carbocycles. The normalized spacial score (nSPS) is 13.9. The average molecular weight is 423 g/mol. The average Bonchev–Trinajstić information content (AvgIpc) is 3.28. The molecule has 1 aliphatic rings. The number of hydrogen-bond acceptors (Lipinski definition) is 4. The maximum absolute atomic E-state index is 13.5. The van der Waals surface area contributed by atoms with Crippen LogP contribution in [0.2, 0.25) is 0 Å². The minimum atomic E-state index is -0.360. The van der Waals surface area contributed by atoms with Crippen LogP contribution in [0, 0.1) is 11.7 Å². The summed E-state index contributed by atoms with van der Waals surface area (Å²) in [4.78, 5) is 32.8. The molecule has 0 atom stereocenters. The highest BCUT2D eigenvalue weighted by atomic mass is 19.1. The van der Waals surface area contributed by atoms with Gasteiger partial charge in [0.25, 0.3) is 11.5 Å². The summed E-state index contributed by atoms with van der Waals surface area (Å²) >= 11 is 0. The van der Waals surface area contributed by atoms with Crippen molar-refractivity contribution in [1.82, 2.24) is 14.9 Å². The van der Waals surface area contributed by atoms with Gasteiger partial charge in [0.15, 0.2) is 0 Å². The highest BCUT2D eigenvalue weighted by molar-refractivity contribution is 5.97. The van der Waals surface area contributed by atoms with Crippen LogP contribution in [0.25, 0.3) is 16.6 Å². The smallest absolute Gasteiger partial charge is 0.267 e. The van der Waals surface area contributed by atoms with Crippen LogP contribution in [-0.4, -0.2) is 35.1 Å². The molecule has 2 heterocycles. The van der Waals surface area contributed by atoms with E-state index < -0.39 is 0 Å². The van der Waals surface area contributed by atoms with Crippen LogP contribution in [0.1, 0.15) is 43.5 Å². The minimum absolute atomic E-state index is 0.171. The fraction of sp³-hybridized carbons (Fsp3) is 0.375. The Morgan fingerprint density at radius 3 is 2.52 bits per heavy atom. The molecule has 7 heteroatoms. The largest absolute Gasteiger partial charge is 0.352 e. The monoisotopic (exact) mass is 422 g/mol. The number of amides is 1. The van der Waals surface area contributed by atoms with Crippen LogP contribution in [0.15, 0.2) is 47.3 Å². The maximum atomic E-state index is 13.5. The number of nitrogens with one attached hydrogen (secondary N) is 1. The summed E-state index contributed by atoms with van der Waals surface area (Å²) in [5.41, 5.74) is 1.31. The number of benzene rings is 2. The number of carbonyl (C=O) groups excluding carboxylic acids is 1. The molecule has 0 spiro atoms. The first-order chi connectivity index (χ1) is 14.9. The van der Waals surface area contributed by atoms with Gasteiger partial charge in [0.05, 0.1) is 16.6 Å². The molecule has 0 aliphatic carbocycles. The summed E-state index contributed by atoms with van der Waals surface area (Å²) in [6, 6.07) is 10.8. The Kier molecular flexibility index (Phi) is 6.02. The van der Waals surface area contributed by atoms with Gasteiger partial charge in [-0.3, -0.25) is 9.59 Å². The van der Waals surface area contributed by atoms with Crippen LogP contribution in [0.5, 0.6) is 0 Å². The van der Waals surface area contributed by atoms with Crippen LogP contribution < -0.4 is 15.8 Å². The third kappa shape index (κ3) is 4.45. The van der Waals surface area contributed by atoms with Gasteiger partial charge < -0.3 is 10.2 Å². The third-order valence-corrected chi connectivity index (χ3v) is 5.59. The lowest BCUT2D eigenvalue weighted by atomic mass is 10.1. The fourth-order valence-electron chi connectivity index (χ4n) is 3.84. The number of halogens is 1. The summed E-state index contributed by atoms with van der Waals surface area (Å²) in [6.07, 6.45) is 2.95. The molecule has 0 bridgehead atoms. The number of rotatable bonds is 6. The zero-order valence-electron chi connectivity index (χ0n) is 17.9. The molecule has 31 heavy (non-hydrogen) atoms. The van der Waals surface area contributed by atoms with Crippen LogP contribution in [0.3, 0.4) is 0 Å². The van der Waals surface area contributed by atoms with E-state index in [2.05, 4.69) is 24.1 Å². The molecule has 1 saturated heterocycles. The lowest BCUT2D eigenvalue weighted by Gasteiger charge is -2.22. The second-order valence-electron chi connectivity index (χ2n) is 8.39. The van der Waals surface area contributed by atoms with Gasteiger partial charge in [0, 0.05) is 25.2 Å². The Labute approximate surface area is 180 Å². The highest BCUT2D eigenvalue weighted by Crippen LogP contribution is 2.23. The van der Waals surface area contributed by atoms with E-state index in [1.807, 2.05) is 0 Å². The van der Waals surface area contributed by atoms with Gasteiger partial charge in [-0.25, -0.2) is 13.9 Å². The van der Waals surface area contributed by atoms with E-state index in [1.165, 1.54) is 16.7 Å². The molecule has 162 valence electrons. The number of anilines is 1. The number of carbonyl (C=O) groups is 1. The lowest BCUT2D eigenvalue weighted by molar-refractivity contribution is 0.0952. The summed E-state index contributed by atoms with van der Waals surface area (Å²) in [5, 5.41) is 3.35. The number of fused-ring (bicyclic) bond motifs is 1. The molecule has 1 N–H and O–H groups in total. The van der Waals surface area contributed by atoms with Gasteiger partial charge in [0.1, 0.15) is 5.82 Å². The van der Waals surface area contributed by atoms with E-state index in [0.717, 1.165) is 32.4 Å². The summed E-state index contributed by atoms with van der Waals surface area (Å²) in [5.74, 6) is 0.502. The molecule has 1 amide bonds. The summed E-state index contributed by atoms with van der Waals surface area (Å²) in [7, 11) is 0. The molecule has 1 aromatic heterocycles. The maximum Gasteiger partial charge on any atom is 0.267 e. The van der Waals surface area contributed by atoms with Crippen LogP contribution in [-0.2, 0) is 0 Å². The van der Waals surface area contributed by atoms with Gasteiger partial charge in [-0.1, -0.05) is 13.8 Å². The van der Waals surface area contributed by atoms with Crippen molar-refractivity contribution in [3.63, 3.8) is 0 Å². The standard InChI is InChI=1S/C24H27FN4O2/c1-16(2)11-12-26-22(30)17-5-10-20-21(15-17)27-24(28-13-3-4-14-28)29(23(20)31)19-8-6-18(25)7-9-19/h5-10,15-16H,3-4,11-14H2,1-2H3,(H,26,30). The van der Waals surface area contributed by atoms with Gasteiger partial charge in [-0.05, 0) is 67.6 Å². The first-order valence-corrected chi connectivity index (χ1v) is 10.8. The second kappa shape index (κ2) is 8.88. The van der Waals surface area contributed by atoms with E-state index in [-0.39, 0.29) is 17.3 Å². The van der Waals surface area contributed by atoms with E-state index in [0.29, 0.717) is 40.6 Å². The molecular formula is C24H27FN4O2. The number of aromatic nitrogens is 2. The van der Waals surface area contributed by atoms with Crippen molar-refractivity contribution < 1.29 is 9.18 Å². The topological polar surface area (TPSA) is 67.2 Å². The van der Waals surface area contributed by atoms with Crippen molar-refractivity contribution in [2.75, 3.05) is 24.5 Å². The van der Waals surface area contributed by atoms with Crippen molar-refractivity contribution in [3.8, 4) is 5.69 Å². The predicted molar refractivity (Wildman–Crippen MR) is 121 cm³/mol. The quantitative estimate of drug-likeness (QED) is 0.654. The number of hydrogen-bond donors (Lipinski definition) is 1. The molecule has 6 nitrogen and oxygen atoms in total. The van der Waals surface area contributed by atoms with Crippen molar-refractivity contribution in [2.24, 2.45) is 5.92 Å². The fourth-order valence-corrected chi connectivity index (χ4v) is 3.84. The van der Waals surface area contributed by atoms with Crippen molar-refractivity contribution in [1.29, 1.82) is 0 Å². The van der Waals surface area contributed by atoms with E-state index in [1.54, 1.807) is 30.3 Å². The Hall–Kier alpha value is -3.22. The Balaban J connectivity index is 1.78. The van der Waals surface area contributed by atoms with Gasteiger partial charge in [-0.15, -0.1) is 0 Å². The van der Waals surface area contributed by atoms with Gasteiger partial charge >= 0.3 is 0 Å². The highest BCUT2D eigenvalue weighted by Gasteiger charge is 2.21. The van der Waals surface area contributed by atoms with E-state index >= 15 is 0 Å². The van der Waals surface area contributed by atoms with Crippen molar-refractivity contribution >= 4 is 22.8 Å². The lowest BCUT2D eigenvalue weighted by Crippen LogP contribution is -2.30.